The molecule has 1 fully saturated rings. The van der Waals surface area contributed by atoms with Gasteiger partial charge in [-0.05, 0) is 51.0 Å². The summed E-state index contributed by atoms with van der Waals surface area (Å²) in [5.41, 5.74) is 1.69. The third kappa shape index (κ3) is 7.63. The number of aliphatic carboxylic acids is 1. The molecule has 11 heteroatoms. The van der Waals surface area contributed by atoms with Crippen molar-refractivity contribution in [1.82, 2.24) is 4.31 Å². The fourth-order valence-corrected chi connectivity index (χ4v) is 4.61. The smallest absolute Gasteiger partial charge is 0.425 e. The number of benzene rings is 2. The van der Waals surface area contributed by atoms with E-state index >= 15 is 0 Å². The van der Waals surface area contributed by atoms with Crippen LogP contribution < -0.4 is 9.84 Å². The average Bonchev–Trinajstić information content (AvgIpc) is 2.79. The SMILES string of the molecule is C[N-]c1ccc(OC(C)C(F)(F)F)cc1.Cc1ccc(S(=O)(=O)N2CCC(C(=O)[O-])CC2)cc1. The van der Waals surface area contributed by atoms with Crippen LogP contribution in [0.3, 0.4) is 0 Å². The van der Waals surface area contributed by atoms with Gasteiger partial charge in [0.15, 0.2) is 6.10 Å². The molecular weight excluding hydrogens is 473 g/mol. The highest BCUT2D eigenvalue weighted by Gasteiger charge is 2.38. The van der Waals surface area contributed by atoms with E-state index in [1.807, 2.05) is 6.92 Å². The van der Waals surface area contributed by atoms with Crippen molar-refractivity contribution >= 4 is 21.7 Å². The minimum Gasteiger partial charge on any atom is -0.687 e. The molecule has 0 bridgehead atoms. The number of hydrogen-bond donors (Lipinski definition) is 0. The number of aryl methyl sites for hydroxylation is 1. The molecule has 0 radical (unpaired) electrons. The first kappa shape index (κ1) is 27.5. The lowest BCUT2D eigenvalue weighted by Crippen LogP contribution is -2.43. The summed E-state index contributed by atoms with van der Waals surface area (Å²) in [6.45, 7) is 3.32. The molecule has 2 aromatic carbocycles. The summed E-state index contributed by atoms with van der Waals surface area (Å²) in [6.07, 6.45) is -5.52. The summed E-state index contributed by atoms with van der Waals surface area (Å²) in [6, 6.07) is 12.8. The first-order valence-electron chi connectivity index (χ1n) is 10.6. The van der Waals surface area contributed by atoms with Gasteiger partial charge in [-0.25, -0.2) is 8.42 Å². The third-order valence-electron chi connectivity index (χ3n) is 5.31. The van der Waals surface area contributed by atoms with Crippen LogP contribution in [0.4, 0.5) is 18.9 Å². The standard InChI is InChI=1S/C13H17NO4S.C10H11F3NO/c1-10-2-4-12(5-3-10)19(17,18)14-8-6-11(7-9-14)13(15)16;1-7(10(11,12)13)15-9-5-3-8(14-2)4-6-9/h2-5,11H,6-9H2,1H3,(H,15,16);3-7H,1-2H3/q;-1/p-1. The molecule has 3 rings (SSSR count). The van der Waals surface area contributed by atoms with Crippen LogP contribution in [0, 0.1) is 12.8 Å². The second-order valence-electron chi connectivity index (χ2n) is 7.83. The highest BCUT2D eigenvalue weighted by molar-refractivity contribution is 7.89. The number of carbonyl (C=O) groups excluding carboxylic acids is 1. The maximum atomic E-state index is 12.3. The number of carboxylic acid groups (broad SMARTS) is 1. The molecule has 0 saturated carbocycles. The van der Waals surface area contributed by atoms with Gasteiger partial charge in [-0.1, -0.05) is 29.8 Å². The Bertz CT molecular complexity index is 1030. The van der Waals surface area contributed by atoms with Crippen molar-refractivity contribution in [3.05, 3.63) is 59.4 Å². The van der Waals surface area contributed by atoms with E-state index in [0.29, 0.717) is 18.5 Å². The van der Waals surface area contributed by atoms with Gasteiger partial charge < -0.3 is 20.0 Å². The lowest BCUT2D eigenvalue weighted by molar-refractivity contribution is -0.312. The molecule has 0 spiro atoms. The Labute approximate surface area is 197 Å². The molecule has 0 N–H and O–H groups in total. The molecular formula is C23H27F3N2O5S-2. The van der Waals surface area contributed by atoms with E-state index < -0.39 is 34.2 Å². The number of hydrogen-bond acceptors (Lipinski definition) is 5. The van der Waals surface area contributed by atoms with Gasteiger partial charge in [-0.15, -0.1) is 12.7 Å². The Hall–Kier alpha value is -2.79. The molecule has 1 saturated heterocycles. The van der Waals surface area contributed by atoms with Crippen LogP contribution in [0.15, 0.2) is 53.4 Å². The van der Waals surface area contributed by atoms with Crippen LogP contribution in [-0.2, 0) is 14.8 Å². The minimum absolute atomic E-state index is 0.187. The largest absolute Gasteiger partial charge is 0.687 e. The first-order chi connectivity index (χ1) is 15.8. The number of rotatable bonds is 6. The van der Waals surface area contributed by atoms with Crippen LogP contribution in [0.1, 0.15) is 25.3 Å². The van der Waals surface area contributed by atoms with Gasteiger partial charge in [-0.3, -0.25) is 0 Å². The zero-order valence-corrected chi connectivity index (χ0v) is 19.9. The Morgan fingerprint density at radius 3 is 2.06 bits per heavy atom. The van der Waals surface area contributed by atoms with Crippen molar-refractivity contribution < 1.29 is 36.2 Å². The molecule has 34 heavy (non-hydrogen) atoms. The molecule has 1 atom stereocenters. The number of halogens is 3. The fourth-order valence-electron chi connectivity index (χ4n) is 3.14. The number of nitrogens with zero attached hydrogens (tertiary/aromatic N) is 2. The van der Waals surface area contributed by atoms with Crippen LogP contribution in [0.2, 0.25) is 0 Å². The summed E-state index contributed by atoms with van der Waals surface area (Å²) in [5.74, 6) is -1.44. The fraction of sp³-hybridized carbons (Fsp3) is 0.435. The third-order valence-corrected chi connectivity index (χ3v) is 7.23. The molecule has 1 aliphatic heterocycles. The highest BCUT2D eigenvalue weighted by atomic mass is 32.2. The zero-order chi connectivity index (χ0) is 25.5. The van der Waals surface area contributed by atoms with Crippen molar-refractivity contribution in [1.29, 1.82) is 0 Å². The van der Waals surface area contributed by atoms with Crippen molar-refractivity contribution in [2.75, 3.05) is 20.1 Å². The summed E-state index contributed by atoms with van der Waals surface area (Å²) in [5, 5.41) is 14.6. The normalized spacial score (nSPS) is 16.2. The minimum atomic E-state index is -4.34. The number of sulfonamides is 1. The monoisotopic (exact) mass is 500 g/mol. The molecule has 188 valence electrons. The van der Waals surface area contributed by atoms with Gasteiger partial charge in [0.2, 0.25) is 10.0 Å². The molecule has 0 aromatic heterocycles. The van der Waals surface area contributed by atoms with Crippen LogP contribution >= 0.6 is 0 Å². The second-order valence-corrected chi connectivity index (χ2v) is 9.77. The Morgan fingerprint density at radius 1 is 1.09 bits per heavy atom. The van der Waals surface area contributed by atoms with E-state index in [1.165, 1.54) is 16.4 Å². The lowest BCUT2D eigenvalue weighted by atomic mass is 9.99. The van der Waals surface area contributed by atoms with Crippen molar-refractivity contribution in [2.24, 2.45) is 5.92 Å². The van der Waals surface area contributed by atoms with Crippen LogP contribution in [0.5, 0.6) is 5.75 Å². The summed E-state index contributed by atoms with van der Waals surface area (Å²) >= 11 is 0. The Morgan fingerprint density at radius 2 is 1.62 bits per heavy atom. The quantitative estimate of drug-likeness (QED) is 0.601. The second kappa shape index (κ2) is 11.6. The van der Waals surface area contributed by atoms with Crippen molar-refractivity contribution in [3.63, 3.8) is 0 Å². The zero-order valence-electron chi connectivity index (χ0n) is 19.1. The van der Waals surface area contributed by atoms with E-state index in [1.54, 1.807) is 43.4 Å². The van der Waals surface area contributed by atoms with Gasteiger partial charge >= 0.3 is 6.18 Å². The highest BCUT2D eigenvalue weighted by Crippen LogP contribution is 2.27. The van der Waals surface area contributed by atoms with Gasteiger partial charge in [-0.2, -0.15) is 17.5 Å². The maximum Gasteiger partial charge on any atom is 0.425 e. The van der Waals surface area contributed by atoms with Crippen molar-refractivity contribution in [3.8, 4) is 5.75 Å². The van der Waals surface area contributed by atoms with Crippen molar-refractivity contribution in [2.45, 2.75) is 43.9 Å². The topological polar surface area (TPSA) is 101 Å². The van der Waals surface area contributed by atoms with Gasteiger partial charge in [0.25, 0.3) is 0 Å². The molecule has 1 aliphatic rings. The molecule has 0 amide bonds. The van der Waals surface area contributed by atoms with E-state index in [9.17, 15) is 31.5 Å². The molecule has 1 heterocycles. The average molecular weight is 501 g/mol. The maximum absolute atomic E-state index is 12.3. The van der Waals surface area contributed by atoms with Gasteiger partial charge in [0.05, 0.1) is 4.90 Å². The molecule has 2 aromatic rings. The number of alkyl halides is 3. The number of carboxylic acids is 1. The summed E-state index contributed by atoms with van der Waals surface area (Å²) in [7, 11) is -1.90. The van der Waals surface area contributed by atoms with E-state index in [-0.39, 0.29) is 23.7 Å². The van der Waals surface area contributed by atoms with Gasteiger partial charge in [0.1, 0.15) is 5.75 Å². The first-order valence-corrected chi connectivity index (χ1v) is 12.0. The Kier molecular flexibility index (Phi) is 9.34. The number of carbonyl (C=O) groups is 1. The molecule has 0 aliphatic carbocycles. The predicted octanol–water partition coefficient (Wildman–Crippen LogP) is 3.80. The summed E-state index contributed by atoms with van der Waals surface area (Å²) < 4.78 is 67.1. The van der Waals surface area contributed by atoms with E-state index in [0.717, 1.165) is 12.5 Å². The molecule has 1 unspecified atom stereocenters. The molecule has 7 nitrogen and oxygen atoms in total. The number of piperidine rings is 1. The van der Waals surface area contributed by atoms with Crippen LogP contribution in [0.25, 0.3) is 5.32 Å². The summed E-state index contributed by atoms with van der Waals surface area (Å²) in [4.78, 5) is 11.0. The van der Waals surface area contributed by atoms with Gasteiger partial charge in [0, 0.05) is 25.0 Å². The lowest BCUT2D eigenvalue weighted by Gasteiger charge is -2.31. The predicted molar refractivity (Wildman–Crippen MR) is 119 cm³/mol. The van der Waals surface area contributed by atoms with E-state index in [4.69, 9.17) is 4.74 Å². The number of ether oxygens (including phenoxy) is 1. The Balaban J connectivity index is 0.000000248. The van der Waals surface area contributed by atoms with Crippen LogP contribution in [-0.4, -0.2) is 51.1 Å². The van der Waals surface area contributed by atoms with E-state index in [2.05, 4.69) is 5.32 Å².